The number of nitrogens with one attached hydrogen (secondary N) is 1. The Bertz CT molecular complexity index is 1470. The average molecular weight is 620 g/mol. The molecule has 0 saturated carbocycles. The van der Waals surface area contributed by atoms with E-state index in [-0.39, 0.29) is 18.4 Å². The Balaban J connectivity index is 1.60. The molecule has 0 bridgehead atoms. The Labute approximate surface area is 249 Å². The maximum Gasteiger partial charge on any atom is 0.406 e. The molecule has 15 nitrogen and oxygen atoms in total. The number of imidazole rings is 1. The first-order chi connectivity index (χ1) is 20.5. The molecule has 0 radical (unpaired) electrons. The Kier molecular flexibility index (Phi) is 10.2. The highest BCUT2D eigenvalue weighted by Crippen LogP contribution is 2.50. The lowest BCUT2D eigenvalue weighted by Crippen LogP contribution is -2.43. The summed E-state index contributed by atoms with van der Waals surface area (Å²) >= 11 is 0. The van der Waals surface area contributed by atoms with E-state index in [0.717, 1.165) is 5.56 Å². The van der Waals surface area contributed by atoms with Crippen molar-refractivity contribution in [3.63, 3.8) is 0 Å². The quantitative estimate of drug-likeness (QED) is 0.136. The molecule has 1 saturated heterocycles. The van der Waals surface area contributed by atoms with E-state index in [9.17, 15) is 14.5 Å². The van der Waals surface area contributed by atoms with Crippen LogP contribution < -0.4 is 15.6 Å². The summed E-state index contributed by atoms with van der Waals surface area (Å²) in [6.45, 7) is 12.0. The monoisotopic (exact) mass is 619 g/mol. The van der Waals surface area contributed by atoms with Crippen molar-refractivity contribution in [3.05, 3.63) is 42.2 Å². The summed E-state index contributed by atoms with van der Waals surface area (Å²) in [5, 5.41) is 14.0. The van der Waals surface area contributed by atoms with Crippen LogP contribution in [0.2, 0.25) is 0 Å². The van der Waals surface area contributed by atoms with Gasteiger partial charge in [-0.2, -0.15) is 9.97 Å². The summed E-state index contributed by atoms with van der Waals surface area (Å²) in [5.74, 6) is -0.484. The summed E-state index contributed by atoms with van der Waals surface area (Å²) < 4.78 is 44.1. The van der Waals surface area contributed by atoms with Gasteiger partial charge in [0, 0.05) is 0 Å². The van der Waals surface area contributed by atoms with Crippen LogP contribution in [0.5, 0.6) is 5.88 Å². The molecule has 1 aliphatic rings. The van der Waals surface area contributed by atoms with Gasteiger partial charge in [-0.15, -0.1) is 0 Å². The molecule has 16 heteroatoms. The number of hydrogen-bond donors (Lipinski definition) is 3. The number of aliphatic hydroxyl groups excluding tert-OH is 1. The van der Waals surface area contributed by atoms with E-state index in [1.165, 1.54) is 13.3 Å². The molecule has 1 aromatic carbocycles. The molecule has 2 aromatic heterocycles. The molecule has 0 spiro atoms. The molecule has 1 aliphatic heterocycles. The molecule has 2 unspecified atom stereocenters. The second-order valence-corrected chi connectivity index (χ2v) is 11.8. The van der Waals surface area contributed by atoms with Gasteiger partial charge in [0.05, 0.1) is 32.3 Å². The molecule has 0 aliphatic carbocycles. The third-order valence-electron chi connectivity index (χ3n) is 7.00. The van der Waals surface area contributed by atoms with Crippen molar-refractivity contribution in [2.75, 3.05) is 25.6 Å². The van der Waals surface area contributed by atoms with Gasteiger partial charge in [-0.3, -0.25) is 23.4 Å². The summed E-state index contributed by atoms with van der Waals surface area (Å²) in [5.41, 5.74) is 5.96. The number of aliphatic imine (C=N–C) groups is 1. The molecular formula is C27H38N7O8P. The predicted octanol–water partition coefficient (Wildman–Crippen LogP) is 2.97. The Hall–Kier alpha value is -3.46. The number of rotatable bonds is 14. The Morgan fingerprint density at radius 1 is 1.28 bits per heavy atom. The number of hydrogen-bond acceptors (Lipinski definition) is 13. The van der Waals surface area contributed by atoms with Gasteiger partial charge in [-0.05, 0) is 46.9 Å². The van der Waals surface area contributed by atoms with Crippen molar-refractivity contribution in [3.8, 4) is 5.88 Å². The summed E-state index contributed by atoms with van der Waals surface area (Å²) in [6.07, 6.45) is -2.55. The standard InChI is InChI=1S/C27H38N7O8P/c1-7-38-23-20-22(31-26(28)32-23)34(15-30-20)25-27(5,29-6)21(35)19(41-25)14-40-43(37,33-16(3)24(36)39-8-2)42-17(4)18-12-10-9-11-13-18/h9-13,15-17,19,21,25,35H,6-8,14H2,1-5H3,(H,33,37)(H2,28,31,32)/t16-,17?,19+,21+,25+,27+,43?/m0/s1. The minimum absolute atomic E-state index is 0.0446. The third-order valence-corrected chi connectivity index (χ3v) is 8.79. The first-order valence-corrected chi connectivity index (χ1v) is 15.4. The number of aromatic nitrogens is 4. The molecular weight excluding hydrogens is 581 g/mol. The topological polar surface area (TPSA) is 195 Å². The fourth-order valence-electron chi connectivity index (χ4n) is 4.68. The highest BCUT2D eigenvalue weighted by atomic mass is 31.2. The number of ether oxygens (including phenoxy) is 3. The number of nitrogens with zero attached hydrogens (tertiary/aromatic N) is 5. The van der Waals surface area contributed by atoms with E-state index >= 15 is 0 Å². The van der Waals surface area contributed by atoms with Gasteiger partial charge in [0.15, 0.2) is 17.4 Å². The van der Waals surface area contributed by atoms with Gasteiger partial charge in [-0.1, -0.05) is 30.3 Å². The van der Waals surface area contributed by atoms with E-state index in [2.05, 4.69) is 31.7 Å². The van der Waals surface area contributed by atoms with E-state index < -0.39 is 56.4 Å². The lowest BCUT2D eigenvalue weighted by Gasteiger charge is -2.29. The maximum atomic E-state index is 14.0. The lowest BCUT2D eigenvalue weighted by atomic mass is 9.93. The highest BCUT2D eigenvalue weighted by molar-refractivity contribution is 7.51. The predicted molar refractivity (Wildman–Crippen MR) is 158 cm³/mol. The van der Waals surface area contributed by atoms with E-state index in [1.807, 2.05) is 30.3 Å². The van der Waals surface area contributed by atoms with Crippen LogP contribution in [0, 0.1) is 0 Å². The highest BCUT2D eigenvalue weighted by Gasteiger charge is 2.55. The van der Waals surface area contributed by atoms with E-state index in [1.54, 1.807) is 32.3 Å². The van der Waals surface area contributed by atoms with Crippen LogP contribution in [0.15, 0.2) is 41.7 Å². The fraction of sp³-hybridized carbons (Fsp3) is 0.519. The van der Waals surface area contributed by atoms with Gasteiger partial charge in [-0.25, -0.2) is 14.6 Å². The second kappa shape index (κ2) is 13.5. The molecule has 0 amide bonds. The van der Waals surface area contributed by atoms with Crippen molar-refractivity contribution in [2.45, 2.75) is 70.7 Å². The van der Waals surface area contributed by atoms with Gasteiger partial charge in [0.1, 0.15) is 23.8 Å². The van der Waals surface area contributed by atoms with Crippen LogP contribution in [0.4, 0.5) is 5.95 Å². The van der Waals surface area contributed by atoms with Crippen LogP contribution in [0.3, 0.4) is 0 Å². The molecule has 7 atom stereocenters. The summed E-state index contributed by atoms with van der Waals surface area (Å²) in [4.78, 5) is 29.3. The molecule has 1 fully saturated rings. The average Bonchev–Trinajstić information content (AvgIpc) is 3.51. The molecule has 4 N–H and O–H groups in total. The Morgan fingerprint density at radius 3 is 2.65 bits per heavy atom. The second-order valence-electron chi connectivity index (χ2n) is 10.1. The van der Waals surface area contributed by atoms with Crippen molar-refractivity contribution in [1.29, 1.82) is 0 Å². The number of carbonyl (C=O) groups is 1. The number of fused-ring (bicyclic) bond motifs is 1. The van der Waals surface area contributed by atoms with Crippen molar-refractivity contribution in [2.24, 2.45) is 4.99 Å². The normalized spacial score (nSPS) is 24.7. The summed E-state index contributed by atoms with van der Waals surface area (Å²) in [7, 11) is -4.20. The number of carbonyl (C=O) groups excluding carboxylic acids is 1. The fourth-order valence-corrected chi connectivity index (χ4v) is 6.34. The lowest BCUT2D eigenvalue weighted by molar-refractivity contribution is -0.144. The molecule has 3 aromatic rings. The van der Waals surface area contributed by atoms with Crippen molar-refractivity contribution < 1.29 is 37.7 Å². The largest absolute Gasteiger partial charge is 0.476 e. The number of nitrogen functional groups attached to an aromatic ring is 1. The van der Waals surface area contributed by atoms with Crippen LogP contribution in [-0.2, 0) is 27.9 Å². The zero-order chi connectivity index (χ0) is 31.4. The maximum absolute atomic E-state index is 14.0. The first-order valence-electron chi connectivity index (χ1n) is 13.8. The third kappa shape index (κ3) is 6.87. The number of benzene rings is 1. The number of anilines is 1. The molecule has 43 heavy (non-hydrogen) atoms. The van der Waals surface area contributed by atoms with Crippen LogP contribution in [0.1, 0.15) is 52.5 Å². The zero-order valence-corrected chi connectivity index (χ0v) is 25.6. The zero-order valence-electron chi connectivity index (χ0n) is 24.7. The minimum Gasteiger partial charge on any atom is -0.476 e. The SMILES string of the molecule is C=N[C@]1(C)[C@H](O)[C@@H](COP(=O)(N[C@@H](C)C(=O)OCC)OC(C)c2ccccc2)O[C@H]1n1cnc2c(OCC)nc(N)nc21. The smallest absolute Gasteiger partial charge is 0.406 e. The first kappa shape index (κ1) is 32.5. The number of esters is 1. The Morgan fingerprint density at radius 2 is 2.00 bits per heavy atom. The number of nitrogens with two attached hydrogens (primary N) is 1. The minimum atomic E-state index is -4.20. The van der Waals surface area contributed by atoms with Crippen LogP contribution >= 0.6 is 7.75 Å². The molecule has 4 rings (SSSR count). The van der Waals surface area contributed by atoms with Crippen LogP contribution in [-0.4, -0.2) is 80.9 Å². The van der Waals surface area contributed by atoms with E-state index in [0.29, 0.717) is 17.8 Å². The van der Waals surface area contributed by atoms with Gasteiger partial charge >= 0.3 is 13.7 Å². The molecule has 234 valence electrons. The van der Waals surface area contributed by atoms with Gasteiger partial charge in [0.2, 0.25) is 11.8 Å². The van der Waals surface area contributed by atoms with Crippen LogP contribution in [0.25, 0.3) is 11.2 Å². The number of aliphatic hydroxyl groups is 1. The summed E-state index contributed by atoms with van der Waals surface area (Å²) in [6, 6.07) is 8.06. The molecule has 3 heterocycles. The van der Waals surface area contributed by atoms with Gasteiger partial charge in [0.25, 0.3) is 0 Å². The van der Waals surface area contributed by atoms with E-state index in [4.69, 9.17) is 29.0 Å². The van der Waals surface area contributed by atoms with Crippen molar-refractivity contribution in [1.82, 2.24) is 24.6 Å². The van der Waals surface area contributed by atoms with Gasteiger partial charge < -0.3 is 25.1 Å². The van der Waals surface area contributed by atoms with Crippen molar-refractivity contribution >= 4 is 37.5 Å².